The molecule has 0 saturated heterocycles. The molecule has 1 aromatic heterocycles. The minimum Gasteiger partial charge on any atom is -0.326 e. The Kier molecular flexibility index (Phi) is 4.86. The summed E-state index contributed by atoms with van der Waals surface area (Å²) in [5.41, 5.74) is 4.52. The Morgan fingerprint density at radius 1 is 1.00 bits per heavy atom. The molecule has 0 aliphatic heterocycles. The first-order valence-electron chi connectivity index (χ1n) is 10.5. The van der Waals surface area contributed by atoms with E-state index in [0.29, 0.717) is 29.0 Å². The molecule has 5 heteroatoms. The number of fused-ring (bicyclic) bond motifs is 1. The van der Waals surface area contributed by atoms with Crippen LogP contribution in [0.2, 0.25) is 0 Å². The van der Waals surface area contributed by atoms with E-state index >= 15 is 0 Å². The highest BCUT2D eigenvalue weighted by Crippen LogP contribution is 2.30. The van der Waals surface area contributed by atoms with Gasteiger partial charge in [-0.15, -0.1) is 0 Å². The SMILES string of the molecule is Cc1nc2ccc(NC(=O)C3CC3)cc2c(=O)n1Cc1ccc(-c2ccccc2)cc1. The van der Waals surface area contributed by atoms with Gasteiger partial charge >= 0.3 is 0 Å². The Morgan fingerprint density at radius 3 is 2.42 bits per heavy atom. The normalized spacial score (nSPS) is 13.3. The van der Waals surface area contributed by atoms with E-state index in [0.717, 1.165) is 29.5 Å². The maximum absolute atomic E-state index is 13.2. The highest BCUT2D eigenvalue weighted by Gasteiger charge is 2.29. The van der Waals surface area contributed by atoms with Crippen molar-refractivity contribution >= 4 is 22.5 Å². The summed E-state index contributed by atoms with van der Waals surface area (Å²) in [5.74, 6) is 0.806. The molecule has 0 spiro atoms. The number of aryl methyl sites for hydroxylation is 1. The van der Waals surface area contributed by atoms with Crippen molar-refractivity contribution in [3.8, 4) is 11.1 Å². The summed E-state index contributed by atoms with van der Waals surface area (Å²) >= 11 is 0. The van der Waals surface area contributed by atoms with Crippen molar-refractivity contribution in [3.63, 3.8) is 0 Å². The van der Waals surface area contributed by atoms with Crippen LogP contribution in [0.25, 0.3) is 22.0 Å². The quantitative estimate of drug-likeness (QED) is 0.516. The van der Waals surface area contributed by atoms with Crippen molar-refractivity contribution in [1.29, 1.82) is 0 Å². The molecule has 3 aromatic carbocycles. The molecule has 1 fully saturated rings. The smallest absolute Gasteiger partial charge is 0.261 e. The number of carbonyl (C=O) groups excluding carboxylic acids is 1. The van der Waals surface area contributed by atoms with E-state index in [4.69, 9.17) is 0 Å². The topological polar surface area (TPSA) is 64.0 Å². The maximum atomic E-state index is 13.2. The van der Waals surface area contributed by atoms with E-state index in [9.17, 15) is 9.59 Å². The maximum Gasteiger partial charge on any atom is 0.261 e. The first-order chi connectivity index (χ1) is 15.1. The molecule has 5 nitrogen and oxygen atoms in total. The zero-order valence-electron chi connectivity index (χ0n) is 17.3. The second-order valence-electron chi connectivity index (χ2n) is 8.11. The van der Waals surface area contributed by atoms with Gasteiger partial charge < -0.3 is 5.32 Å². The third-order valence-electron chi connectivity index (χ3n) is 5.76. The van der Waals surface area contributed by atoms with E-state index < -0.39 is 0 Å². The summed E-state index contributed by atoms with van der Waals surface area (Å²) in [6.07, 6.45) is 1.88. The van der Waals surface area contributed by atoms with Crippen LogP contribution >= 0.6 is 0 Å². The molecule has 1 N–H and O–H groups in total. The number of carbonyl (C=O) groups is 1. The van der Waals surface area contributed by atoms with Gasteiger partial charge in [-0.3, -0.25) is 14.2 Å². The largest absolute Gasteiger partial charge is 0.326 e. The summed E-state index contributed by atoms with van der Waals surface area (Å²) in [6.45, 7) is 2.29. The molecule has 154 valence electrons. The molecule has 0 radical (unpaired) electrons. The fourth-order valence-corrected chi connectivity index (χ4v) is 3.80. The van der Waals surface area contributed by atoms with Gasteiger partial charge in [-0.2, -0.15) is 0 Å². The van der Waals surface area contributed by atoms with Crippen LogP contribution in [0.5, 0.6) is 0 Å². The third-order valence-corrected chi connectivity index (χ3v) is 5.76. The molecule has 1 heterocycles. The second-order valence-corrected chi connectivity index (χ2v) is 8.11. The molecule has 31 heavy (non-hydrogen) atoms. The molecule has 4 aromatic rings. The van der Waals surface area contributed by atoms with E-state index in [-0.39, 0.29) is 17.4 Å². The number of nitrogens with zero attached hydrogens (tertiary/aromatic N) is 2. The predicted molar refractivity (Wildman–Crippen MR) is 123 cm³/mol. The molecule has 1 saturated carbocycles. The van der Waals surface area contributed by atoms with Crippen molar-refractivity contribution in [1.82, 2.24) is 9.55 Å². The van der Waals surface area contributed by atoms with Crippen LogP contribution in [0.15, 0.2) is 77.6 Å². The zero-order chi connectivity index (χ0) is 21.4. The summed E-state index contributed by atoms with van der Waals surface area (Å²) < 4.78 is 1.69. The monoisotopic (exact) mass is 409 g/mol. The van der Waals surface area contributed by atoms with Gasteiger partial charge in [0.1, 0.15) is 5.82 Å². The van der Waals surface area contributed by atoms with Gasteiger partial charge in [0.2, 0.25) is 5.91 Å². The molecular formula is C26H23N3O2. The molecule has 0 atom stereocenters. The van der Waals surface area contributed by atoms with E-state index in [1.165, 1.54) is 0 Å². The average molecular weight is 409 g/mol. The lowest BCUT2D eigenvalue weighted by atomic mass is 10.0. The lowest BCUT2D eigenvalue weighted by Crippen LogP contribution is -2.24. The zero-order valence-corrected chi connectivity index (χ0v) is 17.3. The molecule has 5 rings (SSSR count). The highest BCUT2D eigenvalue weighted by molar-refractivity contribution is 5.96. The molecular weight excluding hydrogens is 386 g/mol. The van der Waals surface area contributed by atoms with Crippen molar-refractivity contribution in [2.45, 2.75) is 26.3 Å². The van der Waals surface area contributed by atoms with Crippen molar-refractivity contribution < 1.29 is 4.79 Å². The number of anilines is 1. The van der Waals surface area contributed by atoms with Crippen LogP contribution in [0, 0.1) is 12.8 Å². The fraction of sp³-hybridized carbons (Fsp3) is 0.192. The number of hydrogen-bond donors (Lipinski definition) is 1. The van der Waals surface area contributed by atoms with Crippen LogP contribution in [0.4, 0.5) is 5.69 Å². The average Bonchev–Trinajstić information content (AvgIpc) is 3.64. The number of hydrogen-bond acceptors (Lipinski definition) is 3. The molecule has 0 unspecified atom stereocenters. The number of amides is 1. The van der Waals surface area contributed by atoms with Gasteiger partial charge in [-0.05, 0) is 54.7 Å². The number of aromatic nitrogens is 2. The Bertz CT molecular complexity index is 1320. The first kappa shape index (κ1) is 19.2. The molecule has 1 amide bonds. The Labute approximate surface area is 180 Å². The lowest BCUT2D eigenvalue weighted by molar-refractivity contribution is -0.117. The van der Waals surface area contributed by atoms with Gasteiger partial charge in [0, 0.05) is 11.6 Å². The van der Waals surface area contributed by atoms with Gasteiger partial charge in [0.05, 0.1) is 17.4 Å². The van der Waals surface area contributed by atoms with Crippen molar-refractivity contribution in [2.24, 2.45) is 5.92 Å². The molecule has 1 aliphatic rings. The minimum absolute atomic E-state index is 0.0262. The van der Waals surface area contributed by atoms with Gasteiger partial charge in [0.15, 0.2) is 0 Å². The van der Waals surface area contributed by atoms with Gasteiger partial charge in [-0.1, -0.05) is 54.6 Å². The summed E-state index contributed by atoms with van der Waals surface area (Å²) in [4.78, 5) is 29.9. The number of rotatable bonds is 5. The highest BCUT2D eigenvalue weighted by atomic mass is 16.2. The second kappa shape index (κ2) is 7.84. The van der Waals surface area contributed by atoms with Crippen LogP contribution in [0.1, 0.15) is 24.2 Å². The van der Waals surface area contributed by atoms with Crippen LogP contribution in [0.3, 0.4) is 0 Å². The predicted octanol–water partition coefficient (Wildman–Crippen LogP) is 4.77. The third kappa shape index (κ3) is 3.99. The van der Waals surface area contributed by atoms with Crippen LogP contribution < -0.4 is 10.9 Å². The molecule has 1 aliphatic carbocycles. The van der Waals surface area contributed by atoms with Crippen molar-refractivity contribution in [3.05, 3.63) is 94.5 Å². The first-order valence-corrected chi connectivity index (χ1v) is 10.5. The number of nitrogens with one attached hydrogen (secondary N) is 1. The fourth-order valence-electron chi connectivity index (χ4n) is 3.80. The van der Waals surface area contributed by atoms with Gasteiger partial charge in [-0.25, -0.2) is 4.98 Å². The van der Waals surface area contributed by atoms with Gasteiger partial charge in [0.25, 0.3) is 5.56 Å². The Hall–Kier alpha value is -3.73. The lowest BCUT2D eigenvalue weighted by Gasteiger charge is -2.12. The summed E-state index contributed by atoms with van der Waals surface area (Å²) in [6, 6.07) is 23.8. The minimum atomic E-state index is -0.0999. The van der Waals surface area contributed by atoms with E-state index in [1.807, 2.05) is 37.3 Å². The van der Waals surface area contributed by atoms with Crippen LogP contribution in [-0.4, -0.2) is 15.5 Å². The van der Waals surface area contributed by atoms with E-state index in [2.05, 4.69) is 34.6 Å². The summed E-state index contributed by atoms with van der Waals surface area (Å²) in [7, 11) is 0. The van der Waals surface area contributed by atoms with Crippen molar-refractivity contribution in [2.75, 3.05) is 5.32 Å². The molecule has 0 bridgehead atoms. The Morgan fingerprint density at radius 2 is 1.71 bits per heavy atom. The van der Waals surface area contributed by atoms with E-state index in [1.54, 1.807) is 22.8 Å². The number of benzene rings is 3. The summed E-state index contributed by atoms with van der Waals surface area (Å²) in [5, 5.41) is 3.43. The standard InChI is InChI=1S/C26H23N3O2/c1-17-27-24-14-13-22(28-25(30)21-11-12-21)15-23(24)26(31)29(17)16-18-7-9-20(10-8-18)19-5-3-2-4-6-19/h2-10,13-15,21H,11-12,16H2,1H3,(H,28,30). The van der Waals surface area contributed by atoms with Crippen LogP contribution in [-0.2, 0) is 11.3 Å². The Balaban J connectivity index is 1.44.